The van der Waals surface area contributed by atoms with Crippen LogP contribution in [0.3, 0.4) is 0 Å². The molecular weight excluding hydrogens is 236 g/mol. The van der Waals surface area contributed by atoms with Gasteiger partial charge in [0.05, 0.1) is 0 Å². The molecule has 1 unspecified atom stereocenters. The highest BCUT2D eigenvalue weighted by Crippen LogP contribution is 2.31. The zero-order valence-electron chi connectivity index (χ0n) is 9.35. The van der Waals surface area contributed by atoms with Crippen molar-refractivity contribution < 1.29 is 14.7 Å². The summed E-state index contributed by atoms with van der Waals surface area (Å²) in [5.41, 5.74) is 7.03. The molecule has 92 valence electrons. The molecule has 0 aliphatic carbocycles. The van der Waals surface area contributed by atoms with Crippen LogP contribution in [0, 0.1) is 0 Å². The third-order valence-corrected chi connectivity index (χ3v) is 2.93. The van der Waals surface area contributed by atoms with Crippen LogP contribution in [0.15, 0.2) is 35.4 Å². The van der Waals surface area contributed by atoms with Crippen molar-refractivity contribution in [1.29, 1.82) is 0 Å². The smallest absolute Gasteiger partial charge is 0.325 e. The van der Waals surface area contributed by atoms with Gasteiger partial charge in [0.1, 0.15) is 0 Å². The predicted molar refractivity (Wildman–Crippen MR) is 62.9 cm³/mol. The Kier molecular flexibility index (Phi) is 2.91. The highest BCUT2D eigenvalue weighted by atomic mass is 16.4. The zero-order chi connectivity index (χ0) is 13.2. The fourth-order valence-corrected chi connectivity index (χ4v) is 1.97. The molecule has 0 saturated carbocycles. The number of benzene rings is 1. The molecule has 0 aromatic heterocycles. The fraction of sp³-hybridized carbons (Fsp3) is 0.273. The van der Waals surface area contributed by atoms with Crippen LogP contribution in [0.25, 0.3) is 10.4 Å². The van der Waals surface area contributed by atoms with Gasteiger partial charge < -0.3 is 10.0 Å². The number of carboxylic acids is 1. The van der Waals surface area contributed by atoms with Crippen LogP contribution in [-0.2, 0) is 9.59 Å². The van der Waals surface area contributed by atoms with E-state index < -0.39 is 17.4 Å². The first-order valence-electron chi connectivity index (χ1n) is 5.28. The Morgan fingerprint density at radius 3 is 2.67 bits per heavy atom. The largest absolute Gasteiger partial charge is 0.480 e. The number of hydrogen-bond acceptors (Lipinski definition) is 3. The monoisotopic (exact) mass is 246 g/mol. The summed E-state index contributed by atoms with van der Waals surface area (Å²) in [6, 6.07) is 8.69. The van der Waals surface area contributed by atoms with E-state index >= 15 is 0 Å². The minimum absolute atomic E-state index is 0.0277. The molecule has 0 bridgehead atoms. The number of carbonyl (C=O) groups is 2. The first-order chi connectivity index (χ1) is 8.62. The standard InChI is InChI=1S/C11H10N4O3/c12-14-13-11(10(17)18)6-7-15(9(11)16)8-4-2-1-3-5-8/h1-5H,6-7H2,(H,17,18). The Balaban J connectivity index is 2.40. The Morgan fingerprint density at radius 2 is 2.11 bits per heavy atom. The molecule has 1 amide bonds. The van der Waals surface area contributed by atoms with Crippen LogP contribution in [0.5, 0.6) is 0 Å². The number of anilines is 1. The van der Waals surface area contributed by atoms with E-state index in [1.807, 2.05) is 0 Å². The van der Waals surface area contributed by atoms with Crippen LogP contribution in [0.2, 0.25) is 0 Å². The second-order valence-electron chi connectivity index (χ2n) is 3.90. The highest BCUT2D eigenvalue weighted by molar-refractivity contribution is 6.15. The predicted octanol–water partition coefficient (Wildman–Crippen LogP) is 1.56. The van der Waals surface area contributed by atoms with E-state index in [2.05, 4.69) is 10.0 Å². The van der Waals surface area contributed by atoms with Crippen LogP contribution in [0.4, 0.5) is 5.69 Å². The van der Waals surface area contributed by atoms with E-state index in [-0.39, 0.29) is 13.0 Å². The maximum Gasteiger partial charge on any atom is 0.325 e. The van der Waals surface area contributed by atoms with Crippen LogP contribution in [-0.4, -0.2) is 29.1 Å². The minimum atomic E-state index is -2.01. The molecular formula is C11H10N4O3. The molecule has 0 radical (unpaired) electrons. The van der Waals surface area contributed by atoms with E-state index in [1.54, 1.807) is 30.3 Å². The third-order valence-electron chi connectivity index (χ3n) is 2.93. The van der Waals surface area contributed by atoms with E-state index in [0.29, 0.717) is 5.69 Å². The summed E-state index contributed by atoms with van der Waals surface area (Å²) in [7, 11) is 0. The third kappa shape index (κ3) is 1.66. The Hall–Kier alpha value is -2.53. The summed E-state index contributed by atoms with van der Waals surface area (Å²) in [4.78, 5) is 27.1. The lowest BCUT2D eigenvalue weighted by atomic mass is 10.00. The molecule has 18 heavy (non-hydrogen) atoms. The van der Waals surface area contributed by atoms with E-state index in [4.69, 9.17) is 10.6 Å². The fourth-order valence-electron chi connectivity index (χ4n) is 1.97. The molecule has 1 aliphatic rings. The molecule has 1 aromatic carbocycles. The van der Waals surface area contributed by atoms with Gasteiger partial charge in [-0.05, 0) is 24.1 Å². The number of para-hydroxylation sites is 1. The first-order valence-corrected chi connectivity index (χ1v) is 5.28. The number of amides is 1. The van der Waals surface area contributed by atoms with Crippen LogP contribution < -0.4 is 4.90 Å². The van der Waals surface area contributed by atoms with Crippen molar-refractivity contribution in [2.75, 3.05) is 11.4 Å². The number of carbonyl (C=O) groups excluding carboxylic acids is 1. The topological polar surface area (TPSA) is 106 Å². The van der Waals surface area contributed by atoms with Crippen molar-refractivity contribution in [2.45, 2.75) is 12.0 Å². The second kappa shape index (κ2) is 4.38. The van der Waals surface area contributed by atoms with Gasteiger partial charge in [-0.25, -0.2) is 0 Å². The molecule has 1 fully saturated rings. The maximum absolute atomic E-state index is 12.1. The molecule has 1 N–H and O–H groups in total. The molecule has 1 heterocycles. The lowest BCUT2D eigenvalue weighted by Gasteiger charge is -2.19. The average molecular weight is 246 g/mol. The average Bonchev–Trinajstić information content (AvgIpc) is 2.70. The summed E-state index contributed by atoms with van der Waals surface area (Å²) < 4.78 is 0. The molecule has 7 heteroatoms. The normalized spacial score (nSPS) is 22.7. The summed E-state index contributed by atoms with van der Waals surface area (Å²) in [5, 5.41) is 12.3. The van der Waals surface area contributed by atoms with Gasteiger partial charge in [0.25, 0.3) is 5.91 Å². The van der Waals surface area contributed by atoms with Gasteiger partial charge in [0.15, 0.2) is 0 Å². The molecule has 1 atom stereocenters. The maximum atomic E-state index is 12.1. The first kappa shape index (κ1) is 11.9. The molecule has 2 rings (SSSR count). The van der Waals surface area contributed by atoms with Gasteiger partial charge in [-0.15, -0.1) is 0 Å². The SMILES string of the molecule is [N-]=[N+]=NC1(C(=O)O)CCN(c2ccccc2)C1=O. The van der Waals surface area contributed by atoms with Crippen molar-refractivity contribution in [2.24, 2.45) is 5.11 Å². The zero-order valence-corrected chi connectivity index (χ0v) is 9.35. The molecule has 0 spiro atoms. The summed E-state index contributed by atoms with van der Waals surface area (Å²) >= 11 is 0. The number of aliphatic carboxylic acids is 1. The summed E-state index contributed by atoms with van der Waals surface area (Å²) in [6.45, 7) is 0.216. The lowest BCUT2D eigenvalue weighted by molar-refractivity contribution is -0.146. The number of azide groups is 1. The molecule has 1 aliphatic heterocycles. The van der Waals surface area contributed by atoms with Gasteiger partial charge >= 0.3 is 5.97 Å². The number of nitrogens with zero attached hydrogens (tertiary/aromatic N) is 4. The molecule has 1 saturated heterocycles. The van der Waals surface area contributed by atoms with Crippen molar-refractivity contribution in [1.82, 2.24) is 0 Å². The molecule has 7 nitrogen and oxygen atoms in total. The summed E-state index contributed by atoms with van der Waals surface area (Å²) in [5.74, 6) is -2.11. The van der Waals surface area contributed by atoms with Gasteiger partial charge in [-0.3, -0.25) is 9.59 Å². The van der Waals surface area contributed by atoms with Gasteiger partial charge in [0, 0.05) is 17.1 Å². The number of rotatable bonds is 3. The van der Waals surface area contributed by atoms with Crippen LogP contribution in [0.1, 0.15) is 6.42 Å². The van der Waals surface area contributed by atoms with Gasteiger partial charge in [-0.2, -0.15) is 0 Å². The van der Waals surface area contributed by atoms with Crippen molar-refractivity contribution in [3.8, 4) is 0 Å². The lowest BCUT2D eigenvalue weighted by Crippen LogP contribution is -2.45. The number of carboxylic acid groups (broad SMARTS) is 1. The second-order valence-corrected chi connectivity index (χ2v) is 3.90. The van der Waals surface area contributed by atoms with Gasteiger partial charge in [-0.1, -0.05) is 23.3 Å². The Morgan fingerprint density at radius 1 is 1.44 bits per heavy atom. The van der Waals surface area contributed by atoms with Crippen LogP contribution >= 0.6 is 0 Å². The molecule has 1 aromatic rings. The van der Waals surface area contributed by atoms with Crippen molar-refractivity contribution in [3.05, 3.63) is 40.8 Å². The van der Waals surface area contributed by atoms with E-state index in [1.165, 1.54) is 4.90 Å². The van der Waals surface area contributed by atoms with Gasteiger partial charge in [0.2, 0.25) is 5.54 Å². The van der Waals surface area contributed by atoms with Crippen molar-refractivity contribution in [3.63, 3.8) is 0 Å². The quantitative estimate of drug-likeness (QED) is 0.378. The van der Waals surface area contributed by atoms with E-state index in [0.717, 1.165) is 0 Å². The highest BCUT2D eigenvalue weighted by Gasteiger charge is 2.53. The summed E-state index contributed by atoms with van der Waals surface area (Å²) in [6.07, 6.45) is -0.0277. The Labute approximate surface area is 102 Å². The Bertz CT molecular complexity index is 534. The van der Waals surface area contributed by atoms with Crippen molar-refractivity contribution >= 4 is 17.6 Å². The minimum Gasteiger partial charge on any atom is -0.480 e. The number of hydrogen-bond donors (Lipinski definition) is 1. The van der Waals surface area contributed by atoms with E-state index in [9.17, 15) is 9.59 Å².